The van der Waals surface area contributed by atoms with Gasteiger partial charge in [-0.25, -0.2) is 19.6 Å². The maximum absolute atomic E-state index is 13.5. The summed E-state index contributed by atoms with van der Waals surface area (Å²) in [5.41, 5.74) is 3.53. The van der Waals surface area contributed by atoms with Crippen LogP contribution in [0, 0.1) is 11.8 Å². The summed E-state index contributed by atoms with van der Waals surface area (Å²) in [6, 6.07) is 6.16. The first kappa shape index (κ1) is 34.5. The van der Waals surface area contributed by atoms with Crippen LogP contribution < -0.4 is 10.6 Å². The molecular formula is C34H46N8O6. The Bertz CT molecular complexity index is 1480. The van der Waals surface area contributed by atoms with Crippen molar-refractivity contribution in [2.24, 2.45) is 11.8 Å². The SMILES string of the molecule is COC(=O)NC(C(=O)N1CCC[C@H]1c1ncc(-c2ccc(-c3cnc(C4CCCN4C(=O)[C@@H](NC(=O)OC)C(C)C)[nH]3)cc2)[nH]1)C(C)C. The molecule has 258 valence electrons. The molecule has 4 heterocycles. The quantitative estimate of drug-likeness (QED) is 0.245. The zero-order valence-electron chi connectivity index (χ0n) is 28.4. The van der Waals surface area contributed by atoms with E-state index in [1.807, 2.05) is 52.0 Å². The van der Waals surface area contributed by atoms with Crippen LogP contribution in [0.25, 0.3) is 22.5 Å². The third-order valence-corrected chi connectivity index (χ3v) is 9.18. The van der Waals surface area contributed by atoms with Gasteiger partial charge in [0.05, 0.1) is 50.1 Å². The van der Waals surface area contributed by atoms with Gasteiger partial charge in [0.15, 0.2) is 0 Å². The predicted molar refractivity (Wildman–Crippen MR) is 177 cm³/mol. The highest BCUT2D eigenvalue weighted by molar-refractivity contribution is 5.87. The molecule has 2 fully saturated rings. The van der Waals surface area contributed by atoms with E-state index in [0.717, 1.165) is 48.2 Å². The summed E-state index contributed by atoms with van der Waals surface area (Å²) < 4.78 is 9.47. The highest BCUT2D eigenvalue weighted by Crippen LogP contribution is 2.35. The van der Waals surface area contributed by atoms with E-state index in [9.17, 15) is 19.2 Å². The summed E-state index contributed by atoms with van der Waals surface area (Å²) in [5, 5.41) is 5.36. The van der Waals surface area contributed by atoms with Crippen LogP contribution in [-0.2, 0) is 19.1 Å². The lowest BCUT2D eigenvalue weighted by atomic mass is 10.0. The van der Waals surface area contributed by atoms with E-state index in [1.165, 1.54) is 14.2 Å². The van der Waals surface area contributed by atoms with Crippen molar-refractivity contribution >= 4 is 24.0 Å². The highest BCUT2D eigenvalue weighted by Gasteiger charge is 2.39. The van der Waals surface area contributed by atoms with Gasteiger partial charge in [0, 0.05) is 13.1 Å². The van der Waals surface area contributed by atoms with Crippen molar-refractivity contribution in [3.8, 4) is 22.5 Å². The molecule has 1 aromatic carbocycles. The number of alkyl carbamates (subject to hydrolysis) is 2. The molecule has 5 rings (SSSR count). The van der Waals surface area contributed by atoms with Crippen molar-refractivity contribution < 1.29 is 28.7 Å². The standard InChI is InChI=1S/C34H46N8O6/c1-19(2)27(39-33(45)47-5)31(43)41-15-7-9-25(41)29-35-17-23(37-29)21-11-13-22(14-12-21)24-18-36-30(38-24)26-10-8-16-42(26)32(44)28(20(3)4)40-34(46)48-6/h11-14,17-20,25-28H,7-10,15-16H2,1-6H3,(H,35,37)(H,36,38)(H,39,45)(H,40,46)/t25-,26?,27?,28-/m0/s1. The minimum Gasteiger partial charge on any atom is -0.453 e. The molecule has 2 aromatic heterocycles. The molecule has 4 atom stereocenters. The van der Waals surface area contributed by atoms with Crippen LogP contribution in [0.2, 0.25) is 0 Å². The van der Waals surface area contributed by atoms with Crippen molar-refractivity contribution in [1.29, 1.82) is 0 Å². The molecule has 4 amide bonds. The molecule has 4 N–H and O–H groups in total. The van der Waals surface area contributed by atoms with E-state index in [-0.39, 0.29) is 35.7 Å². The fraction of sp³-hybridized carbons (Fsp3) is 0.529. The number of H-pyrrole nitrogens is 2. The van der Waals surface area contributed by atoms with Crippen LogP contribution in [0.4, 0.5) is 9.59 Å². The second kappa shape index (κ2) is 14.9. The fourth-order valence-electron chi connectivity index (χ4n) is 6.52. The topological polar surface area (TPSA) is 175 Å². The van der Waals surface area contributed by atoms with Gasteiger partial charge in [0.25, 0.3) is 0 Å². The number of imidazole rings is 2. The number of benzene rings is 1. The molecule has 0 spiro atoms. The number of nitrogens with one attached hydrogen (secondary N) is 4. The van der Waals surface area contributed by atoms with Crippen LogP contribution >= 0.6 is 0 Å². The first-order valence-corrected chi connectivity index (χ1v) is 16.5. The zero-order chi connectivity index (χ0) is 34.5. The molecule has 0 aliphatic carbocycles. The first-order chi connectivity index (χ1) is 23.0. The first-order valence-electron chi connectivity index (χ1n) is 16.5. The Hall–Kier alpha value is -4.88. The van der Waals surface area contributed by atoms with Gasteiger partial charge >= 0.3 is 12.2 Å². The Morgan fingerprint density at radius 1 is 0.708 bits per heavy atom. The van der Waals surface area contributed by atoms with E-state index < -0.39 is 24.3 Å². The number of rotatable bonds is 10. The molecule has 2 saturated heterocycles. The minimum atomic E-state index is -0.694. The Kier molecular flexibility index (Phi) is 10.7. The Labute approximate surface area is 280 Å². The number of aromatic amines is 2. The summed E-state index contributed by atoms with van der Waals surface area (Å²) >= 11 is 0. The average molecular weight is 663 g/mol. The van der Waals surface area contributed by atoms with E-state index in [0.29, 0.717) is 24.7 Å². The smallest absolute Gasteiger partial charge is 0.407 e. The molecule has 2 aliphatic rings. The summed E-state index contributed by atoms with van der Waals surface area (Å²) in [5.74, 6) is 0.888. The van der Waals surface area contributed by atoms with Crippen molar-refractivity contribution in [2.45, 2.75) is 77.5 Å². The summed E-state index contributed by atoms with van der Waals surface area (Å²) in [7, 11) is 2.56. The lowest BCUT2D eigenvalue weighted by Crippen LogP contribution is -2.51. The molecule has 48 heavy (non-hydrogen) atoms. The molecule has 2 unspecified atom stereocenters. The van der Waals surface area contributed by atoms with Gasteiger partial charge in [-0.3, -0.25) is 9.59 Å². The van der Waals surface area contributed by atoms with Gasteiger partial charge in [-0.05, 0) is 48.6 Å². The summed E-state index contributed by atoms with van der Waals surface area (Å²) in [6.45, 7) is 8.73. The Morgan fingerprint density at radius 2 is 1.08 bits per heavy atom. The van der Waals surface area contributed by atoms with Gasteiger partial charge in [-0.15, -0.1) is 0 Å². The second-order valence-corrected chi connectivity index (χ2v) is 13.0. The van der Waals surface area contributed by atoms with Crippen molar-refractivity contribution in [2.75, 3.05) is 27.3 Å². The zero-order valence-corrected chi connectivity index (χ0v) is 28.4. The highest BCUT2D eigenvalue weighted by atomic mass is 16.5. The normalized spacial score (nSPS) is 19.0. The number of amides is 4. The number of nitrogens with zero attached hydrogens (tertiary/aromatic N) is 4. The van der Waals surface area contributed by atoms with Crippen LogP contribution in [-0.4, -0.2) is 93.1 Å². The van der Waals surface area contributed by atoms with Gasteiger partial charge in [0.2, 0.25) is 11.8 Å². The lowest BCUT2D eigenvalue weighted by Gasteiger charge is -2.30. The lowest BCUT2D eigenvalue weighted by molar-refractivity contribution is -0.136. The summed E-state index contributed by atoms with van der Waals surface area (Å²) in [4.78, 5) is 70.4. The number of hydrogen-bond acceptors (Lipinski definition) is 8. The van der Waals surface area contributed by atoms with Gasteiger partial charge in [0.1, 0.15) is 23.7 Å². The average Bonchev–Trinajstić information content (AvgIpc) is 3.90. The van der Waals surface area contributed by atoms with Crippen LogP contribution in [0.5, 0.6) is 0 Å². The maximum atomic E-state index is 13.5. The van der Waals surface area contributed by atoms with E-state index in [1.54, 1.807) is 22.2 Å². The molecule has 3 aromatic rings. The molecule has 0 bridgehead atoms. The van der Waals surface area contributed by atoms with Crippen LogP contribution in [0.3, 0.4) is 0 Å². The monoisotopic (exact) mass is 662 g/mol. The molecule has 0 saturated carbocycles. The molecule has 14 nitrogen and oxygen atoms in total. The predicted octanol–water partition coefficient (Wildman–Crippen LogP) is 4.56. The van der Waals surface area contributed by atoms with Crippen molar-refractivity contribution in [1.82, 2.24) is 40.4 Å². The Morgan fingerprint density at radius 3 is 1.42 bits per heavy atom. The third-order valence-electron chi connectivity index (χ3n) is 9.18. The maximum Gasteiger partial charge on any atom is 0.407 e. The third kappa shape index (κ3) is 7.32. The number of ether oxygens (including phenoxy) is 2. The van der Waals surface area contributed by atoms with Crippen molar-refractivity contribution in [3.05, 3.63) is 48.3 Å². The number of carbonyl (C=O) groups excluding carboxylic acids is 4. The molecule has 0 radical (unpaired) electrons. The van der Waals surface area contributed by atoms with E-state index >= 15 is 0 Å². The van der Waals surface area contributed by atoms with E-state index in [4.69, 9.17) is 9.47 Å². The number of hydrogen-bond donors (Lipinski definition) is 4. The summed E-state index contributed by atoms with van der Waals surface area (Å²) in [6.07, 6.45) is 5.51. The van der Waals surface area contributed by atoms with E-state index in [2.05, 4.69) is 30.6 Å². The van der Waals surface area contributed by atoms with Gasteiger partial charge in [-0.1, -0.05) is 52.0 Å². The molecule has 14 heteroatoms. The van der Waals surface area contributed by atoms with Crippen LogP contribution in [0.15, 0.2) is 36.7 Å². The van der Waals surface area contributed by atoms with Gasteiger partial charge < -0.3 is 39.9 Å². The largest absolute Gasteiger partial charge is 0.453 e. The van der Waals surface area contributed by atoms with Gasteiger partial charge in [-0.2, -0.15) is 0 Å². The minimum absolute atomic E-state index is 0.110. The number of methoxy groups -OCH3 is 2. The second-order valence-electron chi connectivity index (χ2n) is 13.0. The molecule has 2 aliphatic heterocycles. The number of likely N-dealkylation sites (tertiary alicyclic amines) is 2. The Balaban J connectivity index is 1.27. The van der Waals surface area contributed by atoms with Crippen molar-refractivity contribution in [3.63, 3.8) is 0 Å². The number of carbonyl (C=O) groups is 4. The number of aromatic nitrogens is 4. The fourth-order valence-corrected chi connectivity index (χ4v) is 6.52. The molecular weight excluding hydrogens is 616 g/mol. The van der Waals surface area contributed by atoms with Crippen LogP contribution in [0.1, 0.15) is 77.1 Å².